The van der Waals surface area contributed by atoms with Gasteiger partial charge in [-0.25, -0.2) is 0 Å². The second-order valence-electron chi connectivity index (χ2n) is 3.19. The molecule has 0 amide bonds. The van der Waals surface area contributed by atoms with Gasteiger partial charge >= 0.3 is 0 Å². The first kappa shape index (κ1) is 10.8. The molecular formula is C12H16N2. The molecular weight excluding hydrogens is 172 g/mol. The lowest BCUT2D eigenvalue weighted by atomic mass is 10.2. The third kappa shape index (κ3) is 4.08. The van der Waals surface area contributed by atoms with E-state index in [1.807, 2.05) is 37.4 Å². The maximum Gasteiger partial charge on any atom is 0.0603 e. The first-order chi connectivity index (χ1) is 6.83. The minimum absolute atomic E-state index is 0.684. The summed E-state index contributed by atoms with van der Waals surface area (Å²) in [4.78, 5) is 2.11. The van der Waals surface area contributed by atoms with Gasteiger partial charge in [0.2, 0.25) is 0 Å². The standard InChI is InChI=1S/C12H16N2/c1-14(11-9-13)10-5-8-12-6-3-2-4-7-12/h2-4,6-7H,9-11,13H2,1H3. The molecule has 0 radical (unpaired) electrons. The summed E-state index contributed by atoms with van der Waals surface area (Å²) in [7, 11) is 2.02. The molecule has 0 aliphatic heterocycles. The third-order valence-corrected chi connectivity index (χ3v) is 1.87. The van der Waals surface area contributed by atoms with E-state index in [9.17, 15) is 0 Å². The summed E-state index contributed by atoms with van der Waals surface area (Å²) in [5.74, 6) is 6.21. The Morgan fingerprint density at radius 3 is 2.64 bits per heavy atom. The second kappa shape index (κ2) is 6.20. The predicted octanol–water partition coefficient (Wildman–Crippen LogP) is 0.929. The van der Waals surface area contributed by atoms with Crippen LogP contribution < -0.4 is 5.73 Å². The van der Waals surface area contributed by atoms with Crippen molar-refractivity contribution in [3.05, 3.63) is 35.9 Å². The molecule has 1 aromatic carbocycles. The molecule has 0 saturated heterocycles. The zero-order valence-electron chi connectivity index (χ0n) is 8.53. The molecule has 0 bridgehead atoms. The Kier molecular flexibility index (Phi) is 4.77. The van der Waals surface area contributed by atoms with Gasteiger partial charge < -0.3 is 5.73 Å². The van der Waals surface area contributed by atoms with Crippen molar-refractivity contribution in [2.24, 2.45) is 5.73 Å². The van der Waals surface area contributed by atoms with Crippen molar-refractivity contribution < 1.29 is 0 Å². The van der Waals surface area contributed by atoms with Crippen LogP contribution in [0.5, 0.6) is 0 Å². The molecule has 0 spiro atoms. The molecule has 14 heavy (non-hydrogen) atoms. The Bertz CT molecular complexity index is 308. The summed E-state index contributed by atoms with van der Waals surface area (Å²) >= 11 is 0. The Morgan fingerprint density at radius 2 is 2.00 bits per heavy atom. The van der Waals surface area contributed by atoms with Crippen molar-refractivity contribution in [2.75, 3.05) is 26.7 Å². The highest BCUT2D eigenvalue weighted by Crippen LogP contribution is 1.94. The fourth-order valence-corrected chi connectivity index (χ4v) is 1.10. The quantitative estimate of drug-likeness (QED) is 0.715. The average Bonchev–Trinajstić information content (AvgIpc) is 2.20. The molecule has 2 N–H and O–H groups in total. The number of rotatable bonds is 3. The van der Waals surface area contributed by atoms with Crippen molar-refractivity contribution in [1.29, 1.82) is 0 Å². The Hall–Kier alpha value is -1.30. The smallest absolute Gasteiger partial charge is 0.0603 e. The lowest BCUT2D eigenvalue weighted by molar-refractivity contribution is 0.386. The molecule has 0 fully saturated rings. The molecule has 0 unspecified atom stereocenters. The molecule has 0 aliphatic carbocycles. The van der Waals surface area contributed by atoms with E-state index in [2.05, 4.69) is 16.7 Å². The number of nitrogens with two attached hydrogens (primary N) is 1. The van der Waals surface area contributed by atoms with Gasteiger partial charge in [0.1, 0.15) is 0 Å². The van der Waals surface area contributed by atoms with E-state index < -0.39 is 0 Å². The summed E-state index contributed by atoms with van der Waals surface area (Å²) < 4.78 is 0. The van der Waals surface area contributed by atoms with Crippen LogP contribution >= 0.6 is 0 Å². The Labute approximate surface area is 85.7 Å². The third-order valence-electron chi connectivity index (χ3n) is 1.87. The van der Waals surface area contributed by atoms with Crippen molar-refractivity contribution >= 4 is 0 Å². The molecule has 0 atom stereocenters. The molecule has 1 rings (SSSR count). The monoisotopic (exact) mass is 188 g/mol. The Balaban J connectivity index is 2.41. The van der Waals surface area contributed by atoms with E-state index in [4.69, 9.17) is 5.73 Å². The van der Waals surface area contributed by atoms with Crippen LogP contribution in [0.25, 0.3) is 0 Å². The van der Waals surface area contributed by atoms with Crippen LogP contribution in [0, 0.1) is 11.8 Å². The minimum Gasteiger partial charge on any atom is -0.329 e. The molecule has 0 aliphatic rings. The molecule has 1 aromatic rings. The topological polar surface area (TPSA) is 29.3 Å². The highest BCUT2D eigenvalue weighted by atomic mass is 15.1. The van der Waals surface area contributed by atoms with Crippen LogP contribution in [0.3, 0.4) is 0 Å². The van der Waals surface area contributed by atoms with Crippen molar-refractivity contribution in [1.82, 2.24) is 4.90 Å². The molecule has 0 heterocycles. The molecule has 0 aromatic heterocycles. The largest absolute Gasteiger partial charge is 0.329 e. The second-order valence-corrected chi connectivity index (χ2v) is 3.19. The maximum atomic E-state index is 5.42. The van der Waals surface area contributed by atoms with Crippen LogP contribution in [0.4, 0.5) is 0 Å². The first-order valence-corrected chi connectivity index (χ1v) is 4.75. The molecule has 0 saturated carbocycles. The molecule has 2 heteroatoms. The average molecular weight is 188 g/mol. The van der Waals surface area contributed by atoms with E-state index in [1.165, 1.54) is 0 Å². The lowest BCUT2D eigenvalue weighted by Gasteiger charge is -2.09. The molecule has 2 nitrogen and oxygen atoms in total. The van der Waals surface area contributed by atoms with E-state index >= 15 is 0 Å². The van der Waals surface area contributed by atoms with E-state index in [0.29, 0.717) is 6.54 Å². The normalized spacial score (nSPS) is 9.64. The van der Waals surface area contributed by atoms with Crippen LogP contribution in [0.1, 0.15) is 5.56 Å². The SMILES string of the molecule is CN(CC#Cc1ccccc1)CCN. The number of nitrogens with zero attached hydrogens (tertiary/aromatic N) is 1. The fourth-order valence-electron chi connectivity index (χ4n) is 1.10. The number of hydrogen-bond acceptors (Lipinski definition) is 2. The highest BCUT2D eigenvalue weighted by molar-refractivity contribution is 5.33. The Morgan fingerprint density at radius 1 is 1.29 bits per heavy atom. The van der Waals surface area contributed by atoms with E-state index in [1.54, 1.807) is 0 Å². The minimum atomic E-state index is 0.684. The maximum absolute atomic E-state index is 5.42. The number of hydrogen-bond donors (Lipinski definition) is 1. The summed E-state index contributed by atoms with van der Waals surface area (Å²) in [5.41, 5.74) is 6.49. The van der Waals surface area contributed by atoms with Crippen molar-refractivity contribution in [2.45, 2.75) is 0 Å². The van der Waals surface area contributed by atoms with Gasteiger partial charge in [0.25, 0.3) is 0 Å². The van der Waals surface area contributed by atoms with Gasteiger partial charge in [-0.3, -0.25) is 4.90 Å². The van der Waals surface area contributed by atoms with Gasteiger partial charge in [-0.05, 0) is 19.2 Å². The zero-order chi connectivity index (χ0) is 10.2. The van der Waals surface area contributed by atoms with Gasteiger partial charge in [0, 0.05) is 18.7 Å². The van der Waals surface area contributed by atoms with Gasteiger partial charge in [0.15, 0.2) is 0 Å². The summed E-state index contributed by atoms with van der Waals surface area (Å²) in [6.07, 6.45) is 0. The van der Waals surface area contributed by atoms with E-state index in [0.717, 1.165) is 18.7 Å². The highest BCUT2D eigenvalue weighted by Gasteiger charge is 1.90. The first-order valence-electron chi connectivity index (χ1n) is 4.75. The van der Waals surface area contributed by atoms with Crippen LogP contribution in [0.15, 0.2) is 30.3 Å². The lowest BCUT2D eigenvalue weighted by Crippen LogP contribution is -2.25. The van der Waals surface area contributed by atoms with E-state index in [-0.39, 0.29) is 0 Å². The van der Waals surface area contributed by atoms with Crippen LogP contribution in [-0.2, 0) is 0 Å². The fraction of sp³-hybridized carbons (Fsp3) is 0.333. The molecule has 74 valence electrons. The zero-order valence-corrected chi connectivity index (χ0v) is 8.53. The van der Waals surface area contributed by atoms with Crippen LogP contribution in [0.2, 0.25) is 0 Å². The number of benzene rings is 1. The predicted molar refractivity (Wildman–Crippen MR) is 59.9 cm³/mol. The van der Waals surface area contributed by atoms with Crippen LogP contribution in [-0.4, -0.2) is 31.6 Å². The van der Waals surface area contributed by atoms with Gasteiger partial charge in [0.05, 0.1) is 6.54 Å². The summed E-state index contributed by atoms with van der Waals surface area (Å²) in [6.45, 7) is 2.35. The van der Waals surface area contributed by atoms with Crippen molar-refractivity contribution in [3.8, 4) is 11.8 Å². The van der Waals surface area contributed by atoms with Crippen molar-refractivity contribution in [3.63, 3.8) is 0 Å². The summed E-state index contributed by atoms with van der Waals surface area (Å²) in [6, 6.07) is 10.00. The van der Waals surface area contributed by atoms with Gasteiger partial charge in [-0.2, -0.15) is 0 Å². The number of likely N-dealkylation sites (N-methyl/N-ethyl adjacent to an activating group) is 1. The van der Waals surface area contributed by atoms with Gasteiger partial charge in [-0.1, -0.05) is 30.0 Å². The summed E-state index contributed by atoms with van der Waals surface area (Å²) in [5, 5.41) is 0. The van der Waals surface area contributed by atoms with Gasteiger partial charge in [-0.15, -0.1) is 0 Å².